The quantitative estimate of drug-likeness (QED) is 0.250. The molecule has 1 aliphatic heterocycles. The maximum absolute atomic E-state index is 12.9. The van der Waals surface area contributed by atoms with E-state index < -0.39 is 11.8 Å². The average molecular weight is 563 g/mol. The van der Waals surface area contributed by atoms with Gasteiger partial charge in [0, 0.05) is 24.0 Å². The summed E-state index contributed by atoms with van der Waals surface area (Å²) in [6.07, 6.45) is -4.77. The highest BCUT2D eigenvalue weighted by Crippen LogP contribution is 2.43. The highest BCUT2D eigenvalue weighted by atomic mass is 19.4. The molecular weight excluding hydrogens is 537 g/mol. The normalized spacial score (nSPS) is 14.6. The highest BCUT2D eigenvalue weighted by Gasteiger charge is 2.43. The number of nitrogens with one attached hydrogen (secondary N) is 3. The molecule has 1 aliphatic rings. The third kappa shape index (κ3) is 4.64. The van der Waals surface area contributed by atoms with E-state index in [0.717, 1.165) is 16.8 Å². The number of alkyl halides is 3. The van der Waals surface area contributed by atoms with Crippen molar-refractivity contribution in [1.82, 2.24) is 25.5 Å². The Morgan fingerprint density at radius 3 is 2.54 bits per heavy atom. The monoisotopic (exact) mass is 562 g/mol. The number of H-pyrrole nitrogens is 2. The van der Waals surface area contributed by atoms with E-state index in [1.165, 1.54) is 24.3 Å². The van der Waals surface area contributed by atoms with E-state index in [4.69, 9.17) is 4.98 Å². The van der Waals surface area contributed by atoms with Crippen molar-refractivity contribution in [3.05, 3.63) is 71.3 Å². The number of ether oxygens (including phenoxy) is 1. The molecule has 2 aromatic heterocycles. The third-order valence-electron chi connectivity index (χ3n) is 7.32. The van der Waals surface area contributed by atoms with Crippen LogP contribution in [0.1, 0.15) is 42.3 Å². The predicted molar refractivity (Wildman–Crippen MR) is 147 cm³/mol. The lowest BCUT2D eigenvalue weighted by molar-refractivity contribution is -0.274. The summed E-state index contributed by atoms with van der Waals surface area (Å²) < 4.78 is 41.0. The zero-order valence-corrected chi connectivity index (χ0v) is 22.3. The lowest BCUT2D eigenvalue weighted by atomic mass is 9.86. The maximum atomic E-state index is 12.9. The number of fused-ring (bicyclic) bond motifs is 3. The Balaban J connectivity index is 1.25. The Labute approximate surface area is 231 Å². The van der Waals surface area contributed by atoms with Gasteiger partial charge in [0.2, 0.25) is 5.91 Å². The van der Waals surface area contributed by atoms with Gasteiger partial charge in [-0.2, -0.15) is 5.10 Å². The molecule has 3 N–H and O–H groups in total. The SMILES string of the molecule is CCN1C(=O)C(C)(C)c2cc3nc(-c4n[nH]c5ccc(C(=O)NCc6ccc(OC(F)(F)F)cc6)cc45)[nH]c3cc21. The first-order valence-electron chi connectivity index (χ1n) is 12.9. The molecule has 0 saturated heterocycles. The number of carbonyl (C=O) groups excluding carboxylic acids is 2. The highest BCUT2D eigenvalue weighted by molar-refractivity contribution is 6.09. The Morgan fingerprint density at radius 1 is 1.07 bits per heavy atom. The van der Waals surface area contributed by atoms with Crippen LogP contribution in [0.15, 0.2) is 54.6 Å². The Hall–Kier alpha value is -4.87. The number of carbonyl (C=O) groups is 2. The standard InChI is InChI=1S/C29H25F3N6O3/c1-4-38-23-13-22-21(12-19(23)28(2,3)27(38)40)34-25(35-22)24-18-11-16(7-10-20(18)36-37-24)26(39)33-14-15-5-8-17(9-6-15)41-29(30,31)32/h5-13H,4,14H2,1-3H3,(H,33,39)(H,34,35)(H,36,37). The molecule has 3 heterocycles. The second-order valence-corrected chi connectivity index (χ2v) is 10.4. The van der Waals surface area contributed by atoms with Crippen LogP contribution >= 0.6 is 0 Å². The van der Waals surface area contributed by atoms with Gasteiger partial charge in [0.1, 0.15) is 11.4 Å². The molecule has 41 heavy (non-hydrogen) atoms. The van der Waals surface area contributed by atoms with E-state index in [9.17, 15) is 22.8 Å². The third-order valence-corrected chi connectivity index (χ3v) is 7.32. The number of hydrogen-bond donors (Lipinski definition) is 3. The minimum atomic E-state index is -4.77. The van der Waals surface area contributed by atoms with Crippen LogP contribution in [0.25, 0.3) is 33.5 Å². The molecule has 0 unspecified atom stereocenters. The van der Waals surface area contributed by atoms with Crippen molar-refractivity contribution in [2.75, 3.05) is 11.4 Å². The molecule has 0 spiro atoms. The van der Waals surface area contributed by atoms with Crippen molar-refractivity contribution in [2.45, 2.75) is 39.1 Å². The van der Waals surface area contributed by atoms with E-state index in [-0.39, 0.29) is 24.1 Å². The number of aromatic amines is 2. The number of benzene rings is 3. The topological polar surface area (TPSA) is 116 Å². The number of rotatable bonds is 6. The molecule has 0 saturated carbocycles. The van der Waals surface area contributed by atoms with Crippen molar-refractivity contribution in [2.24, 2.45) is 0 Å². The zero-order valence-electron chi connectivity index (χ0n) is 22.3. The average Bonchev–Trinajstić information content (AvgIpc) is 3.58. The zero-order chi connectivity index (χ0) is 29.1. The Kier molecular flexibility index (Phi) is 6.02. The summed E-state index contributed by atoms with van der Waals surface area (Å²) in [5.41, 5.74) is 4.83. The number of imidazole rings is 1. The molecule has 0 bridgehead atoms. The molecule has 12 heteroatoms. The summed E-state index contributed by atoms with van der Waals surface area (Å²) in [6, 6.07) is 14.3. The number of anilines is 1. The van der Waals surface area contributed by atoms with Crippen molar-refractivity contribution in [3.63, 3.8) is 0 Å². The smallest absolute Gasteiger partial charge is 0.406 e. The number of aromatic nitrogens is 4. The first kappa shape index (κ1) is 26.4. The lowest BCUT2D eigenvalue weighted by Crippen LogP contribution is -2.35. The summed E-state index contributed by atoms with van der Waals surface area (Å²) in [5.74, 6) is -0.122. The number of hydrogen-bond acceptors (Lipinski definition) is 5. The lowest BCUT2D eigenvalue weighted by Gasteiger charge is -2.18. The van der Waals surface area contributed by atoms with Gasteiger partial charge in [0.05, 0.1) is 27.7 Å². The van der Waals surface area contributed by atoms with Gasteiger partial charge in [-0.15, -0.1) is 13.2 Å². The van der Waals surface area contributed by atoms with Gasteiger partial charge in [-0.25, -0.2) is 4.98 Å². The van der Waals surface area contributed by atoms with Crippen molar-refractivity contribution in [1.29, 1.82) is 0 Å². The Bertz CT molecular complexity index is 1820. The minimum Gasteiger partial charge on any atom is -0.406 e. The number of likely N-dealkylation sites (N-methyl/N-ethyl adjacent to an activating group) is 1. The van der Waals surface area contributed by atoms with Gasteiger partial charge in [-0.05, 0) is 74.4 Å². The van der Waals surface area contributed by atoms with Gasteiger partial charge in [0.25, 0.3) is 5.91 Å². The second-order valence-electron chi connectivity index (χ2n) is 10.4. The van der Waals surface area contributed by atoms with Crippen LogP contribution in [0.4, 0.5) is 18.9 Å². The van der Waals surface area contributed by atoms with Crippen LogP contribution in [0.5, 0.6) is 5.75 Å². The Morgan fingerprint density at radius 2 is 1.83 bits per heavy atom. The van der Waals surface area contributed by atoms with E-state index in [1.807, 2.05) is 32.9 Å². The predicted octanol–water partition coefficient (Wildman–Crippen LogP) is 5.58. The molecule has 5 aromatic rings. The van der Waals surface area contributed by atoms with E-state index in [1.54, 1.807) is 23.1 Å². The van der Waals surface area contributed by atoms with Gasteiger partial charge < -0.3 is 19.9 Å². The van der Waals surface area contributed by atoms with Gasteiger partial charge in [-0.1, -0.05) is 12.1 Å². The van der Waals surface area contributed by atoms with E-state index in [0.29, 0.717) is 45.6 Å². The summed E-state index contributed by atoms with van der Waals surface area (Å²) in [4.78, 5) is 35.6. The molecule has 0 atom stereocenters. The van der Waals surface area contributed by atoms with Crippen LogP contribution in [-0.2, 0) is 16.8 Å². The molecule has 0 radical (unpaired) electrons. The fourth-order valence-electron chi connectivity index (χ4n) is 5.19. The summed E-state index contributed by atoms with van der Waals surface area (Å²) >= 11 is 0. The molecular formula is C29H25F3N6O3. The maximum Gasteiger partial charge on any atom is 0.573 e. The number of amides is 2. The first-order chi connectivity index (χ1) is 19.4. The van der Waals surface area contributed by atoms with Crippen LogP contribution in [0, 0.1) is 0 Å². The second kappa shape index (κ2) is 9.36. The molecule has 9 nitrogen and oxygen atoms in total. The van der Waals surface area contributed by atoms with Crippen LogP contribution in [0.2, 0.25) is 0 Å². The minimum absolute atomic E-state index is 0.0551. The molecule has 210 valence electrons. The van der Waals surface area contributed by atoms with Crippen LogP contribution in [0.3, 0.4) is 0 Å². The molecule has 2 amide bonds. The number of nitrogens with zero attached hydrogens (tertiary/aromatic N) is 3. The summed E-state index contributed by atoms with van der Waals surface area (Å²) in [5, 5.41) is 10.9. The first-order valence-corrected chi connectivity index (χ1v) is 12.9. The van der Waals surface area contributed by atoms with Gasteiger partial charge >= 0.3 is 6.36 Å². The number of halogens is 3. The van der Waals surface area contributed by atoms with Gasteiger partial charge in [0.15, 0.2) is 5.82 Å². The van der Waals surface area contributed by atoms with Crippen LogP contribution < -0.4 is 15.0 Å². The van der Waals surface area contributed by atoms with Crippen molar-refractivity contribution < 1.29 is 27.5 Å². The molecule has 3 aromatic carbocycles. The summed E-state index contributed by atoms with van der Waals surface area (Å²) in [6.45, 7) is 6.44. The van der Waals surface area contributed by atoms with Crippen molar-refractivity contribution >= 4 is 39.4 Å². The largest absolute Gasteiger partial charge is 0.573 e. The van der Waals surface area contributed by atoms with E-state index >= 15 is 0 Å². The molecule has 0 fully saturated rings. The van der Waals surface area contributed by atoms with Gasteiger partial charge in [-0.3, -0.25) is 14.7 Å². The molecule has 0 aliphatic carbocycles. The van der Waals surface area contributed by atoms with Crippen molar-refractivity contribution in [3.8, 4) is 17.3 Å². The van der Waals surface area contributed by atoms with Crippen LogP contribution in [-0.4, -0.2) is 44.9 Å². The molecule has 6 rings (SSSR count). The fourth-order valence-corrected chi connectivity index (χ4v) is 5.19. The summed E-state index contributed by atoms with van der Waals surface area (Å²) in [7, 11) is 0. The van der Waals surface area contributed by atoms with E-state index in [2.05, 4.69) is 25.2 Å². The fraction of sp³-hybridized carbons (Fsp3) is 0.241.